The van der Waals surface area contributed by atoms with E-state index in [-0.39, 0.29) is 41.2 Å². The van der Waals surface area contributed by atoms with E-state index in [0.29, 0.717) is 18.8 Å². The lowest BCUT2D eigenvalue weighted by atomic mass is 10.2. The standard InChI is InChI=1S/C22H29N5O7S/c1-14(28)23-11-16-13-27(35(30,31)19-12-24-26-8-5-9-32-20(19)26)17-10-15(6-7-18(17)33-16)25-21(29)34-22(2,3)4/h6-7,10,12,16H,5,8-9,11,13H2,1-4H3,(H,23,28)(H,25,29)/t16-/m0/s1. The number of aryl methyl sites for hydroxylation is 1. The maximum Gasteiger partial charge on any atom is 0.412 e. The fourth-order valence-corrected chi connectivity index (χ4v) is 5.31. The van der Waals surface area contributed by atoms with Crippen molar-refractivity contribution < 1.29 is 32.2 Å². The van der Waals surface area contributed by atoms with Crippen molar-refractivity contribution in [2.45, 2.75) is 57.3 Å². The first-order valence-electron chi connectivity index (χ1n) is 11.2. The normalized spacial score (nSPS) is 17.4. The molecule has 1 atom stereocenters. The van der Waals surface area contributed by atoms with Crippen molar-refractivity contribution in [3.05, 3.63) is 24.4 Å². The number of hydrogen-bond donors (Lipinski definition) is 2. The van der Waals surface area contributed by atoms with Crippen LogP contribution in [0.4, 0.5) is 16.2 Å². The first-order valence-corrected chi connectivity index (χ1v) is 12.6. The molecule has 2 aromatic rings. The molecule has 0 radical (unpaired) electrons. The highest BCUT2D eigenvalue weighted by Crippen LogP contribution is 2.40. The lowest BCUT2D eigenvalue weighted by Crippen LogP contribution is -2.48. The number of rotatable bonds is 5. The Bertz CT molecular complexity index is 1240. The number of benzene rings is 1. The van der Waals surface area contributed by atoms with Gasteiger partial charge in [-0.3, -0.25) is 14.4 Å². The summed E-state index contributed by atoms with van der Waals surface area (Å²) in [5.41, 5.74) is -0.140. The molecule has 2 aliphatic heterocycles. The third kappa shape index (κ3) is 5.45. The van der Waals surface area contributed by atoms with E-state index in [4.69, 9.17) is 14.2 Å². The molecule has 35 heavy (non-hydrogen) atoms. The predicted molar refractivity (Wildman–Crippen MR) is 126 cm³/mol. The Labute approximate surface area is 203 Å². The molecule has 0 spiro atoms. The van der Waals surface area contributed by atoms with E-state index in [1.54, 1.807) is 32.9 Å². The van der Waals surface area contributed by atoms with E-state index in [1.165, 1.54) is 28.2 Å². The predicted octanol–water partition coefficient (Wildman–Crippen LogP) is 2.10. The zero-order valence-electron chi connectivity index (χ0n) is 20.0. The summed E-state index contributed by atoms with van der Waals surface area (Å²) in [7, 11) is -4.13. The van der Waals surface area contributed by atoms with Crippen LogP contribution in [0.25, 0.3) is 0 Å². The third-order valence-electron chi connectivity index (χ3n) is 5.20. The molecule has 0 bridgehead atoms. The Balaban J connectivity index is 1.70. The molecule has 0 fully saturated rings. The van der Waals surface area contributed by atoms with E-state index in [1.807, 2.05) is 0 Å². The van der Waals surface area contributed by atoms with Gasteiger partial charge in [0.2, 0.25) is 11.8 Å². The summed E-state index contributed by atoms with van der Waals surface area (Å²) in [6.45, 7) is 7.58. The van der Waals surface area contributed by atoms with Crippen LogP contribution in [0.5, 0.6) is 11.6 Å². The van der Waals surface area contributed by atoms with Crippen molar-refractivity contribution in [2.75, 3.05) is 29.3 Å². The minimum absolute atomic E-state index is 0.0613. The Morgan fingerprint density at radius 3 is 2.77 bits per heavy atom. The van der Waals surface area contributed by atoms with Crippen LogP contribution in [0.2, 0.25) is 0 Å². The molecule has 0 unspecified atom stereocenters. The number of anilines is 2. The number of hydrogen-bond acceptors (Lipinski definition) is 8. The first kappa shape index (κ1) is 24.6. The van der Waals surface area contributed by atoms with Crippen LogP contribution in [-0.2, 0) is 26.1 Å². The maximum absolute atomic E-state index is 13.8. The average Bonchev–Trinajstić information content (AvgIpc) is 3.21. The van der Waals surface area contributed by atoms with Crippen LogP contribution in [0, 0.1) is 0 Å². The van der Waals surface area contributed by atoms with Crippen LogP contribution in [0.3, 0.4) is 0 Å². The summed E-state index contributed by atoms with van der Waals surface area (Å²) in [6, 6.07) is 4.65. The fraction of sp³-hybridized carbons (Fsp3) is 0.500. The molecule has 4 rings (SSSR count). The average molecular weight is 508 g/mol. The monoisotopic (exact) mass is 507 g/mol. The third-order valence-corrected chi connectivity index (χ3v) is 6.96. The highest BCUT2D eigenvalue weighted by molar-refractivity contribution is 7.93. The Morgan fingerprint density at radius 1 is 1.29 bits per heavy atom. The van der Waals surface area contributed by atoms with Crippen molar-refractivity contribution in [3.8, 4) is 11.6 Å². The minimum Gasteiger partial charge on any atom is -0.484 e. The molecule has 2 aliphatic rings. The van der Waals surface area contributed by atoms with Gasteiger partial charge in [0, 0.05) is 25.6 Å². The molecule has 3 heterocycles. The van der Waals surface area contributed by atoms with Gasteiger partial charge < -0.3 is 19.5 Å². The molecule has 1 aromatic carbocycles. The van der Waals surface area contributed by atoms with E-state index in [9.17, 15) is 18.0 Å². The number of fused-ring (bicyclic) bond motifs is 2. The number of ether oxygens (including phenoxy) is 3. The zero-order chi connectivity index (χ0) is 25.4. The van der Waals surface area contributed by atoms with Gasteiger partial charge in [0.05, 0.1) is 31.6 Å². The number of sulfonamides is 1. The van der Waals surface area contributed by atoms with Crippen molar-refractivity contribution in [2.24, 2.45) is 0 Å². The van der Waals surface area contributed by atoms with Gasteiger partial charge in [-0.1, -0.05) is 0 Å². The molecule has 2 amide bonds. The lowest BCUT2D eigenvalue weighted by molar-refractivity contribution is -0.119. The second kappa shape index (κ2) is 9.29. The topological polar surface area (TPSA) is 141 Å². The van der Waals surface area contributed by atoms with Crippen LogP contribution in [0.1, 0.15) is 34.1 Å². The smallest absolute Gasteiger partial charge is 0.412 e. The van der Waals surface area contributed by atoms with Crippen molar-refractivity contribution in [3.63, 3.8) is 0 Å². The highest BCUT2D eigenvalue weighted by Gasteiger charge is 2.38. The second-order valence-corrected chi connectivity index (χ2v) is 11.1. The summed E-state index contributed by atoms with van der Waals surface area (Å²) >= 11 is 0. The highest BCUT2D eigenvalue weighted by atomic mass is 32.2. The molecule has 0 aliphatic carbocycles. The molecule has 13 heteroatoms. The van der Waals surface area contributed by atoms with Gasteiger partial charge in [-0.2, -0.15) is 5.10 Å². The minimum atomic E-state index is -4.13. The van der Waals surface area contributed by atoms with E-state index in [2.05, 4.69) is 15.7 Å². The first-order chi connectivity index (χ1) is 16.4. The fourth-order valence-electron chi connectivity index (χ4n) is 3.74. The quantitative estimate of drug-likeness (QED) is 0.627. The lowest BCUT2D eigenvalue weighted by Gasteiger charge is -2.35. The van der Waals surface area contributed by atoms with Crippen molar-refractivity contribution >= 4 is 33.4 Å². The van der Waals surface area contributed by atoms with Gasteiger partial charge in [-0.25, -0.2) is 17.9 Å². The van der Waals surface area contributed by atoms with Gasteiger partial charge in [0.15, 0.2) is 4.90 Å². The van der Waals surface area contributed by atoms with Gasteiger partial charge in [0.1, 0.15) is 17.5 Å². The molecule has 190 valence electrons. The summed E-state index contributed by atoms with van der Waals surface area (Å²) in [4.78, 5) is 23.6. The van der Waals surface area contributed by atoms with Gasteiger partial charge in [-0.15, -0.1) is 0 Å². The molecular formula is C22H29N5O7S. The maximum atomic E-state index is 13.8. The Morgan fingerprint density at radius 2 is 2.06 bits per heavy atom. The van der Waals surface area contributed by atoms with Crippen LogP contribution in [-0.4, -0.2) is 61.6 Å². The Kier molecular flexibility index (Phi) is 6.54. The summed E-state index contributed by atoms with van der Waals surface area (Å²) in [5, 5.41) is 9.45. The molecule has 2 N–H and O–H groups in total. The number of aromatic nitrogens is 2. The van der Waals surface area contributed by atoms with Crippen LogP contribution < -0.4 is 24.4 Å². The number of carbonyl (C=O) groups is 2. The van der Waals surface area contributed by atoms with E-state index < -0.39 is 27.8 Å². The van der Waals surface area contributed by atoms with Crippen molar-refractivity contribution in [1.82, 2.24) is 15.1 Å². The zero-order valence-corrected chi connectivity index (χ0v) is 20.8. The summed E-state index contributed by atoms with van der Waals surface area (Å²) in [6.07, 6.45) is 0.688. The second-order valence-electron chi connectivity index (χ2n) is 9.26. The summed E-state index contributed by atoms with van der Waals surface area (Å²) < 4.78 is 47.2. The molecular weight excluding hydrogens is 478 g/mol. The summed E-state index contributed by atoms with van der Waals surface area (Å²) in [5.74, 6) is 0.211. The number of nitrogens with one attached hydrogen (secondary N) is 2. The van der Waals surface area contributed by atoms with Gasteiger partial charge in [-0.05, 0) is 39.0 Å². The van der Waals surface area contributed by atoms with Crippen LogP contribution in [0.15, 0.2) is 29.3 Å². The largest absolute Gasteiger partial charge is 0.484 e. The van der Waals surface area contributed by atoms with Crippen molar-refractivity contribution in [1.29, 1.82) is 0 Å². The van der Waals surface area contributed by atoms with Gasteiger partial charge in [0.25, 0.3) is 10.0 Å². The van der Waals surface area contributed by atoms with Crippen LogP contribution >= 0.6 is 0 Å². The molecule has 0 saturated heterocycles. The molecule has 12 nitrogen and oxygen atoms in total. The molecule has 1 aromatic heterocycles. The van der Waals surface area contributed by atoms with Gasteiger partial charge >= 0.3 is 6.09 Å². The molecule has 0 saturated carbocycles. The Hall–Kier alpha value is -3.48. The number of nitrogens with zero attached hydrogens (tertiary/aromatic N) is 3. The SMILES string of the molecule is CC(=O)NC[C@H]1CN(S(=O)(=O)c2cnn3c2OCCC3)c2cc(NC(=O)OC(C)(C)C)ccc2O1. The number of carbonyl (C=O) groups excluding carboxylic acids is 2. The number of amides is 2. The van der Waals surface area contributed by atoms with E-state index in [0.717, 1.165) is 6.42 Å². The van der Waals surface area contributed by atoms with E-state index >= 15 is 0 Å².